The van der Waals surface area contributed by atoms with E-state index in [-0.39, 0.29) is 6.10 Å². The first-order valence-corrected chi connectivity index (χ1v) is 8.57. The maximum Gasteiger partial charge on any atom is 0.0916 e. The van der Waals surface area contributed by atoms with Gasteiger partial charge in [0.05, 0.1) is 6.10 Å². The van der Waals surface area contributed by atoms with Gasteiger partial charge in [0.25, 0.3) is 0 Å². The van der Waals surface area contributed by atoms with Crippen molar-refractivity contribution in [3.05, 3.63) is 35.4 Å². The van der Waals surface area contributed by atoms with Gasteiger partial charge >= 0.3 is 0 Å². The number of hydrogen-bond donors (Lipinski definition) is 1. The SMILES string of the molecule is CCC1CCN(CC(O)c2ccc(CC(C)C)cc2)CC1. The Labute approximate surface area is 130 Å². The Bertz CT molecular complexity index is 404. The van der Waals surface area contributed by atoms with Crippen LogP contribution in [0.1, 0.15) is 57.3 Å². The molecule has 118 valence electrons. The first kappa shape index (κ1) is 16.5. The van der Waals surface area contributed by atoms with Gasteiger partial charge in [-0.05, 0) is 55.3 Å². The number of rotatable bonds is 6. The summed E-state index contributed by atoms with van der Waals surface area (Å²) in [7, 11) is 0. The fraction of sp³-hybridized carbons (Fsp3) is 0.684. The van der Waals surface area contributed by atoms with Crippen molar-refractivity contribution in [1.82, 2.24) is 4.90 Å². The third kappa shape index (κ3) is 5.12. The molecular formula is C19H31NO. The average molecular weight is 289 g/mol. The highest BCUT2D eigenvalue weighted by Crippen LogP contribution is 2.23. The Morgan fingerprint density at radius 1 is 1.14 bits per heavy atom. The van der Waals surface area contributed by atoms with Crippen LogP contribution in [0.3, 0.4) is 0 Å². The number of aliphatic hydroxyl groups is 1. The van der Waals surface area contributed by atoms with Crippen LogP contribution in [0.25, 0.3) is 0 Å². The van der Waals surface area contributed by atoms with E-state index in [1.165, 1.54) is 24.8 Å². The second-order valence-corrected chi connectivity index (χ2v) is 7.01. The molecule has 1 aromatic carbocycles. The first-order chi connectivity index (χ1) is 10.1. The third-order valence-electron chi connectivity index (χ3n) is 4.72. The molecule has 0 aliphatic carbocycles. The van der Waals surface area contributed by atoms with E-state index in [0.717, 1.165) is 37.5 Å². The number of benzene rings is 1. The maximum atomic E-state index is 10.4. The highest BCUT2D eigenvalue weighted by molar-refractivity contribution is 5.24. The summed E-state index contributed by atoms with van der Waals surface area (Å²) in [6.45, 7) is 9.82. The predicted molar refractivity (Wildman–Crippen MR) is 89.4 cm³/mol. The molecule has 0 saturated carbocycles. The molecule has 0 amide bonds. The molecule has 1 aliphatic rings. The van der Waals surface area contributed by atoms with E-state index in [1.54, 1.807) is 0 Å². The lowest BCUT2D eigenvalue weighted by Gasteiger charge is -2.32. The van der Waals surface area contributed by atoms with Gasteiger partial charge in [0.1, 0.15) is 0 Å². The van der Waals surface area contributed by atoms with Crippen LogP contribution in [0.4, 0.5) is 0 Å². The van der Waals surface area contributed by atoms with Gasteiger partial charge in [0.15, 0.2) is 0 Å². The van der Waals surface area contributed by atoms with E-state index in [9.17, 15) is 5.11 Å². The van der Waals surface area contributed by atoms with Crippen molar-refractivity contribution in [2.24, 2.45) is 11.8 Å². The third-order valence-corrected chi connectivity index (χ3v) is 4.72. The molecule has 1 saturated heterocycles. The maximum absolute atomic E-state index is 10.4. The molecule has 0 aromatic heterocycles. The van der Waals surface area contributed by atoms with Crippen molar-refractivity contribution in [3.63, 3.8) is 0 Å². The molecule has 0 spiro atoms. The van der Waals surface area contributed by atoms with Crippen LogP contribution >= 0.6 is 0 Å². The van der Waals surface area contributed by atoms with E-state index >= 15 is 0 Å². The molecule has 1 aromatic rings. The zero-order valence-electron chi connectivity index (χ0n) is 13.9. The van der Waals surface area contributed by atoms with Crippen LogP contribution in [0.5, 0.6) is 0 Å². The van der Waals surface area contributed by atoms with Crippen molar-refractivity contribution in [1.29, 1.82) is 0 Å². The van der Waals surface area contributed by atoms with Gasteiger partial charge in [0.2, 0.25) is 0 Å². The molecule has 1 unspecified atom stereocenters. The minimum absolute atomic E-state index is 0.351. The molecule has 1 heterocycles. The van der Waals surface area contributed by atoms with Gasteiger partial charge in [-0.3, -0.25) is 0 Å². The summed E-state index contributed by atoms with van der Waals surface area (Å²) in [5, 5.41) is 10.4. The molecule has 2 nitrogen and oxygen atoms in total. The molecule has 0 radical (unpaired) electrons. The quantitative estimate of drug-likeness (QED) is 0.854. The summed E-state index contributed by atoms with van der Waals surface area (Å²) >= 11 is 0. The van der Waals surface area contributed by atoms with Gasteiger partial charge in [-0.15, -0.1) is 0 Å². The van der Waals surface area contributed by atoms with Crippen molar-refractivity contribution < 1.29 is 5.11 Å². The molecule has 2 heteroatoms. The lowest BCUT2D eigenvalue weighted by molar-refractivity contribution is 0.0887. The topological polar surface area (TPSA) is 23.5 Å². The summed E-state index contributed by atoms with van der Waals surface area (Å²) < 4.78 is 0. The summed E-state index contributed by atoms with van der Waals surface area (Å²) in [6, 6.07) is 8.53. The molecule has 0 bridgehead atoms. The molecule has 1 aliphatic heterocycles. The lowest BCUT2D eigenvalue weighted by Crippen LogP contribution is -2.36. The van der Waals surface area contributed by atoms with E-state index < -0.39 is 0 Å². The normalized spacial score (nSPS) is 19.1. The highest BCUT2D eigenvalue weighted by atomic mass is 16.3. The number of nitrogens with zero attached hydrogens (tertiary/aromatic N) is 1. The Hall–Kier alpha value is -0.860. The summed E-state index contributed by atoms with van der Waals surface area (Å²) in [5.74, 6) is 1.58. The van der Waals surface area contributed by atoms with Crippen LogP contribution in [-0.2, 0) is 6.42 Å². The van der Waals surface area contributed by atoms with Gasteiger partial charge in [-0.2, -0.15) is 0 Å². The molecule has 2 rings (SSSR count). The second-order valence-electron chi connectivity index (χ2n) is 7.01. The fourth-order valence-corrected chi connectivity index (χ4v) is 3.27. The van der Waals surface area contributed by atoms with E-state index in [4.69, 9.17) is 0 Å². The minimum Gasteiger partial charge on any atom is -0.387 e. The summed E-state index contributed by atoms with van der Waals surface area (Å²) in [6.07, 6.45) is 4.64. The molecule has 1 atom stereocenters. The Kier molecular flexibility index (Phi) is 6.25. The van der Waals surface area contributed by atoms with Crippen LogP contribution in [0.15, 0.2) is 24.3 Å². The van der Waals surface area contributed by atoms with Gasteiger partial charge in [-0.25, -0.2) is 0 Å². The molecular weight excluding hydrogens is 258 g/mol. The van der Waals surface area contributed by atoms with Gasteiger partial charge in [-0.1, -0.05) is 51.5 Å². The zero-order valence-corrected chi connectivity index (χ0v) is 13.9. The molecule has 21 heavy (non-hydrogen) atoms. The van der Waals surface area contributed by atoms with Crippen LogP contribution < -0.4 is 0 Å². The second kappa shape index (κ2) is 7.95. The Balaban J connectivity index is 1.84. The predicted octanol–water partition coefficient (Wildman–Crippen LogP) is 4.04. The Morgan fingerprint density at radius 3 is 2.29 bits per heavy atom. The summed E-state index contributed by atoms with van der Waals surface area (Å²) in [5.41, 5.74) is 2.42. The van der Waals surface area contributed by atoms with Crippen molar-refractivity contribution >= 4 is 0 Å². The van der Waals surface area contributed by atoms with E-state index in [1.807, 2.05) is 0 Å². The van der Waals surface area contributed by atoms with Crippen LogP contribution in [0, 0.1) is 11.8 Å². The van der Waals surface area contributed by atoms with Gasteiger partial charge in [0, 0.05) is 6.54 Å². The largest absolute Gasteiger partial charge is 0.387 e. The number of β-amino-alcohol motifs (C(OH)–C–C–N with tert-alkyl or cyclic N) is 1. The number of aliphatic hydroxyl groups excluding tert-OH is 1. The average Bonchev–Trinajstić information content (AvgIpc) is 2.48. The fourth-order valence-electron chi connectivity index (χ4n) is 3.27. The number of likely N-dealkylation sites (tertiary alicyclic amines) is 1. The standard InChI is InChI=1S/C19H31NO/c1-4-16-9-11-20(12-10-16)14-19(21)18-7-5-17(6-8-18)13-15(2)3/h5-8,15-16,19,21H,4,9-14H2,1-3H3. The minimum atomic E-state index is -0.351. The van der Waals surface area contributed by atoms with Crippen molar-refractivity contribution in [2.45, 2.75) is 52.6 Å². The number of piperidine rings is 1. The van der Waals surface area contributed by atoms with Crippen molar-refractivity contribution in [3.8, 4) is 0 Å². The monoisotopic (exact) mass is 289 g/mol. The molecule has 1 N–H and O–H groups in total. The van der Waals surface area contributed by atoms with E-state index in [0.29, 0.717) is 5.92 Å². The Morgan fingerprint density at radius 2 is 1.76 bits per heavy atom. The van der Waals surface area contributed by atoms with Crippen LogP contribution in [-0.4, -0.2) is 29.6 Å². The van der Waals surface area contributed by atoms with E-state index in [2.05, 4.69) is 49.9 Å². The first-order valence-electron chi connectivity index (χ1n) is 8.57. The zero-order chi connectivity index (χ0) is 15.2. The number of hydrogen-bond acceptors (Lipinski definition) is 2. The smallest absolute Gasteiger partial charge is 0.0916 e. The molecule has 1 fully saturated rings. The van der Waals surface area contributed by atoms with Crippen molar-refractivity contribution in [2.75, 3.05) is 19.6 Å². The van der Waals surface area contributed by atoms with Crippen LogP contribution in [0.2, 0.25) is 0 Å². The van der Waals surface area contributed by atoms with Gasteiger partial charge < -0.3 is 10.0 Å². The lowest BCUT2D eigenvalue weighted by atomic mass is 9.94. The highest BCUT2D eigenvalue weighted by Gasteiger charge is 2.20. The summed E-state index contributed by atoms with van der Waals surface area (Å²) in [4.78, 5) is 2.42.